The van der Waals surface area contributed by atoms with Crippen molar-refractivity contribution in [2.45, 2.75) is 84.6 Å². The molecule has 17 heteroatoms. The fourth-order valence-corrected chi connectivity index (χ4v) is 5.25. The first-order chi connectivity index (χ1) is 21.1. The van der Waals surface area contributed by atoms with Crippen molar-refractivity contribution in [1.82, 2.24) is 0 Å². The van der Waals surface area contributed by atoms with Gasteiger partial charge in [0.1, 0.15) is 25.4 Å². The summed E-state index contributed by atoms with van der Waals surface area (Å²) in [5.74, 6) is -8.25. The topological polar surface area (TPSA) is 223 Å². The van der Waals surface area contributed by atoms with Crippen molar-refractivity contribution in [3.05, 3.63) is 23.5 Å². The summed E-state index contributed by atoms with van der Waals surface area (Å²) in [5, 5.41) is 9.90. The van der Waals surface area contributed by atoms with Gasteiger partial charge in [0.15, 0.2) is 18.3 Å². The van der Waals surface area contributed by atoms with Crippen LogP contribution in [-0.4, -0.2) is 103 Å². The van der Waals surface area contributed by atoms with Gasteiger partial charge in [-0.05, 0) is 11.6 Å². The quantitative estimate of drug-likeness (QED) is 0.179. The number of fused-ring (bicyclic) bond motifs is 1. The summed E-state index contributed by atoms with van der Waals surface area (Å²) >= 11 is 0. The van der Waals surface area contributed by atoms with Gasteiger partial charge in [-0.1, -0.05) is 0 Å². The summed E-state index contributed by atoms with van der Waals surface area (Å²) in [6.45, 7) is 5.67. The fourth-order valence-electron chi connectivity index (χ4n) is 5.25. The Kier molecular flexibility index (Phi) is 11.6. The standard InChI is InChI=1S/C28H34O17/c1-11(29)37-8-17-7-19(40-13(3)31)22-18(26(35)36)9-39-27(21(17)22)45-28-25(43-16(6)34)24(42-15(5)33)23(41-14(4)32)20(44-28)10-38-12(2)30/h7,9,19-25,27-28H,8,10H2,1-6H3,(H,35,36)/t19-,20+,21-,22+,23+,24-,25+,27+,28-/m1/s1. The van der Waals surface area contributed by atoms with Gasteiger partial charge in [0.2, 0.25) is 12.6 Å². The third-order valence-electron chi connectivity index (χ3n) is 6.74. The van der Waals surface area contributed by atoms with Gasteiger partial charge in [0, 0.05) is 47.5 Å². The Morgan fingerprint density at radius 3 is 1.78 bits per heavy atom. The number of carboxylic acid groups (broad SMARTS) is 1. The molecule has 9 atom stereocenters. The Hall–Kier alpha value is -4.51. The molecule has 3 aliphatic rings. The molecule has 0 aromatic carbocycles. The highest BCUT2D eigenvalue weighted by Gasteiger charge is 2.56. The number of carbonyl (C=O) groups is 7. The molecule has 1 aliphatic carbocycles. The van der Waals surface area contributed by atoms with Crippen LogP contribution in [0.15, 0.2) is 23.5 Å². The zero-order chi connectivity index (χ0) is 33.6. The third kappa shape index (κ3) is 9.01. The Morgan fingerprint density at radius 1 is 0.689 bits per heavy atom. The number of carboxylic acids is 1. The van der Waals surface area contributed by atoms with Gasteiger partial charge >= 0.3 is 41.8 Å². The number of carbonyl (C=O) groups excluding carboxylic acids is 6. The summed E-state index contributed by atoms with van der Waals surface area (Å²) < 4.78 is 49.5. The number of aliphatic carboxylic acids is 1. The SMILES string of the molecule is CC(=O)OCC1=C[C@@H](OC(C)=O)[C@@H]2C(C(=O)O)=CO[C@@H](O[C@H]3O[C@@H](COC(C)=O)[C@H](OC(C)=O)[C@@H](OC(C)=O)[C@@H]3OC(C)=O)[C@H]12. The van der Waals surface area contributed by atoms with Crippen LogP contribution in [0.1, 0.15) is 41.5 Å². The molecule has 0 radical (unpaired) electrons. The van der Waals surface area contributed by atoms with Crippen molar-refractivity contribution in [3.8, 4) is 0 Å². The molecule has 2 aliphatic heterocycles. The average Bonchev–Trinajstić information content (AvgIpc) is 3.26. The predicted molar refractivity (Wildman–Crippen MR) is 141 cm³/mol. The van der Waals surface area contributed by atoms with E-state index in [4.69, 9.17) is 42.6 Å². The van der Waals surface area contributed by atoms with Crippen molar-refractivity contribution >= 4 is 41.8 Å². The molecule has 1 N–H and O–H groups in total. The summed E-state index contributed by atoms with van der Waals surface area (Å²) in [5.41, 5.74) is -0.0225. The molecule has 0 unspecified atom stereocenters. The highest BCUT2D eigenvalue weighted by atomic mass is 16.8. The Bertz CT molecular complexity index is 1270. The minimum Gasteiger partial charge on any atom is -0.478 e. The predicted octanol–water partition coefficient (Wildman–Crippen LogP) is 0.0781. The van der Waals surface area contributed by atoms with Gasteiger partial charge < -0.3 is 47.7 Å². The Balaban J connectivity index is 2.08. The van der Waals surface area contributed by atoms with Gasteiger partial charge in [0.25, 0.3) is 0 Å². The van der Waals surface area contributed by atoms with E-state index >= 15 is 0 Å². The van der Waals surface area contributed by atoms with Crippen LogP contribution in [-0.2, 0) is 76.2 Å². The maximum Gasteiger partial charge on any atom is 0.335 e. The molecule has 17 nitrogen and oxygen atoms in total. The van der Waals surface area contributed by atoms with Crippen LogP contribution in [0.25, 0.3) is 0 Å². The first-order valence-corrected chi connectivity index (χ1v) is 13.6. The van der Waals surface area contributed by atoms with E-state index in [0.29, 0.717) is 0 Å². The van der Waals surface area contributed by atoms with Crippen molar-refractivity contribution in [2.75, 3.05) is 13.2 Å². The summed E-state index contributed by atoms with van der Waals surface area (Å²) in [6, 6.07) is 0. The molecular weight excluding hydrogens is 608 g/mol. The molecule has 1 fully saturated rings. The molecule has 0 aromatic rings. The first-order valence-electron chi connectivity index (χ1n) is 13.6. The van der Waals surface area contributed by atoms with Crippen molar-refractivity contribution in [1.29, 1.82) is 0 Å². The van der Waals surface area contributed by atoms with E-state index < -0.39 is 103 Å². The zero-order valence-electron chi connectivity index (χ0n) is 25.2. The lowest BCUT2D eigenvalue weighted by Gasteiger charge is -2.46. The van der Waals surface area contributed by atoms with Crippen LogP contribution in [0.3, 0.4) is 0 Å². The molecular formula is C28H34O17. The van der Waals surface area contributed by atoms with Crippen LogP contribution in [0.5, 0.6) is 0 Å². The van der Waals surface area contributed by atoms with Crippen molar-refractivity contribution in [3.63, 3.8) is 0 Å². The second-order valence-electron chi connectivity index (χ2n) is 10.2. The molecule has 0 bridgehead atoms. The molecule has 0 spiro atoms. The van der Waals surface area contributed by atoms with Gasteiger partial charge in [-0.15, -0.1) is 0 Å². The maximum absolute atomic E-state index is 12.2. The van der Waals surface area contributed by atoms with Gasteiger partial charge in [-0.25, -0.2) is 4.79 Å². The second kappa shape index (κ2) is 15.0. The van der Waals surface area contributed by atoms with E-state index in [9.17, 15) is 38.7 Å². The van der Waals surface area contributed by atoms with E-state index in [-0.39, 0.29) is 17.8 Å². The lowest BCUT2D eigenvalue weighted by atomic mass is 9.82. The lowest BCUT2D eigenvalue weighted by Crippen LogP contribution is -2.63. The van der Waals surface area contributed by atoms with Crippen LogP contribution >= 0.6 is 0 Å². The molecule has 2 heterocycles. The molecule has 0 amide bonds. The zero-order valence-corrected chi connectivity index (χ0v) is 25.2. The monoisotopic (exact) mass is 642 g/mol. The largest absolute Gasteiger partial charge is 0.478 e. The van der Waals surface area contributed by atoms with Crippen molar-refractivity contribution in [2.24, 2.45) is 11.8 Å². The average molecular weight is 643 g/mol. The fraction of sp³-hybridized carbons (Fsp3) is 0.607. The van der Waals surface area contributed by atoms with Gasteiger partial charge in [-0.3, -0.25) is 28.8 Å². The van der Waals surface area contributed by atoms with E-state index in [0.717, 1.165) is 47.8 Å². The summed E-state index contributed by atoms with van der Waals surface area (Å²) in [4.78, 5) is 83.6. The summed E-state index contributed by atoms with van der Waals surface area (Å²) in [7, 11) is 0. The Morgan fingerprint density at radius 2 is 1.24 bits per heavy atom. The molecule has 0 saturated carbocycles. The van der Waals surface area contributed by atoms with E-state index in [1.165, 1.54) is 6.08 Å². The highest BCUT2D eigenvalue weighted by Crippen LogP contribution is 2.46. The highest BCUT2D eigenvalue weighted by molar-refractivity contribution is 5.88. The number of hydrogen-bond acceptors (Lipinski definition) is 16. The number of ether oxygens (including phenoxy) is 9. The van der Waals surface area contributed by atoms with Crippen LogP contribution in [0.2, 0.25) is 0 Å². The number of rotatable bonds is 11. The third-order valence-corrected chi connectivity index (χ3v) is 6.74. The van der Waals surface area contributed by atoms with Gasteiger partial charge in [-0.2, -0.15) is 0 Å². The Labute approximate surface area is 256 Å². The van der Waals surface area contributed by atoms with E-state index in [2.05, 4.69) is 0 Å². The summed E-state index contributed by atoms with van der Waals surface area (Å²) in [6.07, 6.45) is -7.93. The van der Waals surface area contributed by atoms with Crippen molar-refractivity contribution < 1.29 is 81.3 Å². The van der Waals surface area contributed by atoms with Gasteiger partial charge in [0.05, 0.1) is 17.8 Å². The van der Waals surface area contributed by atoms with E-state index in [1.54, 1.807) is 0 Å². The van der Waals surface area contributed by atoms with Crippen LogP contribution in [0, 0.1) is 11.8 Å². The minimum absolute atomic E-state index is 0.268. The normalized spacial score (nSPS) is 30.2. The molecule has 0 aromatic heterocycles. The molecule has 45 heavy (non-hydrogen) atoms. The first kappa shape index (κ1) is 35.0. The smallest absolute Gasteiger partial charge is 0.335 e. The molecule has 248 valence electrons. The number of esters is 6. The number of hydrogen-bond donors (Lipinski definition) is 1. The van der Waals surface area contributed by atoms with Crippen LogP contribution in [0.4, 0.5) is 0 Å². The minimum atomic E-state index is -1.68. The molecule has 1 saturated heterocycles. The van der Waals surface area contributed by atoms with Crippen LogP contribution < -0.4 is 0 Å². The lowest BCUT2D eigenvalue weighted by molar-refractivity contribution is -0.342. The van der Waals surface area contributed by atoms with E-state index in [1.807, 2.05) is 0 Å². The molecule has 3 rings (SSSR count). The second-order valence-corrected chi connectivity index (χ2v) is 10.2. The maximum atomic E-state index is 12.2.